The Kier molecular flexibility index (Phi) is 3.53. The van der Waals surface area contributed by atoms with E-state index in [2.05, 4.69) is 6.92 Å². The van der Waals surface area contributed by atoms with Crippen LogP contribution in [0.15, 0.2) is 18.2 Å². The zero-order chi connectivity index (χ0) is 12.5. The summed E-state index contributed by atoms with van der Waals surface area (Å²) in [5.41, 5.74) is 1.40. The topological polar surface area (TPSA) is 20.2 Å². The Morgan fingerprint density at radius 3 is 2.94 bits per heavy atom. The molecule has 0 spiro atoms. The lowest BCUT2D eigenvalue weighted by Gasteiger charge is -2.30. The molecule has 2 heteroatoms. The maximum absolute atomic E-state index is 13.2. The molecule has 0 aliphatic heterocycles. The second-order valence-corrected chi connectivity index (χ2v) is 5.35. The number of aliphatic hydroxyl groups is 1. The molecular formula is C15H21FO. The maximum atomic E-state index is 13.2. The summed E-state index contributed by atoms with van der Waals surface area (Å²) in [6.07, 6.45) is 4.63. The Hall–Kier alpha value is -0.890. The minimum atomic E-state index is -0.618. The van der Waals surface area contributed by atoms with Crippen LogP contribution in [0.1, 0.15) is 43.7 Å². The van der Waals surface area contributed by atoms with Crippen LogP contribution in [0.3, 0.4) is 0 Å². The number of hydrogen-bond acceptors (Lipinski definition) is 1. The van der Waals surface area contributed by atoms with Crippen molar-refractivity contribution in [1.82, 2.24) is 0 Å². The average Bonchev–Trinajstić information content (AvgIpc) is 2.65. The number of rotatable bonds is 3. The molecule has 0 aromatic heterocycles. The van der Waals surface area contributed by atoms with Gasteiger partial charge in [0.25, 0.3) is 0 Å². The third-order valence-electron chi connectivity index (χ3n) is 4.22. The van der Waals surface area contributed by atoms with Gasteiger partial charge in [-0.3, -0.25) is 0 Å². The van der Waals surface area contributed by atoms with Crippen molar-refractivity contribution in [2.75, 3.05) is 0 Å². The third-order valence-corrected chi connectivity index (χ3v) is 4.22. The van der Waals surface area contributed by atoms with Crippen LogP contribution >= 0.6 is 0 Å². The van der Waals surface area contributed by atoms with E-state index >= 15 is 0 Å². The van der Waals surface area contributed by atoms with Crippen molar-refractivity contribution >= 4 is 0 Å². The van der Waals surface area contributed by atoms with Gasteiger partial charge in [-0.1, -0.05) is 25.8 Å². The molecule has 1 fully saturated rings. The first-order valence-corrected chi connectivity index (χ1v) is 6.52. The predicted octanol–water partition coefficient (Wildman–Crippen LogP) is 3.62. The fourth-order valence-electron chi connectivity index (χ4n) is 3.10. The van der Waals surface area contributed by atoms with Crippen molar-refractivity contribution in [3.63, 3.8) is 0 Å². The molecule has 2 unspecified atom stereocenters. The maximum Gasteiger partial charge on any atom is 0.123 e. The lowest BCUT2D eigenvalue weighted by molar-refractivity contribution is 0.00130. The molecule has 1 aromatic rings. The van der Waals surface area contributed by atoms with Gasteiger partial charge in [0.1, 0.15) is 5.82 Å². The fraction of sp³-hybridized carbons (Fsp3) is 0.600. The molecule has 1 N–H and O–H groups in total. The molecule has 0 amide bonds. The minimum Gasteiger partial charge on any atom is -0.389 e. The molecule has 0 saturated heterocycles. The van der Waals surface area contributed by atoms with Gasteiger partial charge in [-0.25, -0.2) is 4.39 Å². The molecule has 17 heavy (non-hydrogen) atoms. The van der Waals surface area contributed by atoms with Crippen LogP contribution in [0, 0.1) is 18.7 Å². The largest absolute Gasteiger partial charge is 0.389 e. The lowest BCUT2D eigenvalue weighted by Crippen LogP contribution is -2.35. The van der Waals surface area contributed by atoms with Crippen molar-refractivity contribution < 1.29 is 9.50 Å². The highest BCUT2D eigenvalue weighted by molar-refractivity contribution is 5.28. The lowest BCUT2D eigenvalue weighted by atomic mass is 9.82. The van der Waals surface area contributed by atoms with Crippen LogP contribution < -0.4 is 0 Å². The SMILES string of the molecule is CCC1CCCC1(O)Cc1cc(F)ccc1C. The summed E-state index contributed by atoms with van der Waals surface area (Å²) >= 11 is 0. The second-order valence-electron chi connectivity index (χ2n) is 5.35. The van der Waals surface area contributed by atoms with Crippen molar-refractivity contribution in [3.8, 4) is 0 Å². The molecule has 0 bridgehead atoms. The Labute approximate surface area is 103 Å². The van der Waals surface area contributed by atoms with Crippen LogP contribution in [-0.2, 0) is 6.42 Å². The van der Waals surface area contributed by atoms with Gasteiger partial charge in [0.15, 0.2) is 0 Å². The van der Waals surface area contributed by atoms with Crippen molar-refractivity contribution in [2.45, 2.75) is 51.6 Å². The predicted molar refractivity (Wildman–Crippen MR) is 67.4 cm³/mol. The summed E-state index contributed by atoms with van der Waals surface area (Å²) in [7, 11) is 0. The molecule has 1 aliphatic carbocycles. The van der Waals surface area contributed by atoms with Gasteiger partial charge >= 0.3 is 0 Å². The first-order chi connectivity index (χ1) is 8.05. The summed E-state index contributed by atoms with van der Waals surface area (Å²) in [5, 5.41) is 10.7. The van der Waals surface area contributed by atoms with E-state index in [1.54, 1.807) is 12.1 Å². The van der Waals surface area contributed by atoms with Crippen LogP contribution in [0.2, 0.25) is 0 Å². The first-order valence-electron chi connectivity index (χ1n) is 6.52. The van der Waals surface area contributed by atoms with Crippen molar-refractivity contribution in [1.29, 1.82) is 0 Å². The van der Waals surface area contributed by atoms with Gasteiger partial charge in [0.05, 0.1) is 5.60 Å². The normalized spacial score (nSPS) is 28.6. The number of aryl methyl sites for hydroxylation is 1. The highest BCUT2D eigenvalue weighted by Gasteiger charge is 2.40. The third kappa shape index (κ3) is 2.52. The fourth-order valence-corrected chi connectivity index (χ4v) is 3.10. The highest BCUT2D eigenvalue weighted by atomic mass is 19.1. The zero-order valence-electron chi connectivity index (χ0n) is 10.7. The number of halogens is 1. The Bertz CT molecular complexity index is 402. The zero-order valence-corrected chi connectivity index (χ0v) is 10.7. The van der Waals surface area contributed by atoms with Crippen molar-refractivity contribution in [3.05, 3.63) is 35.1 Å². The van der Waals surface area contributed by atoms with Crippen LogP contribution in [0.25, 0.3) is 0 Å². The van der Waals surface area contributed by atoms with Gasteiger partial charge in [0, 0.05) is 6.42 Å². The van der Waals surface area contributed by atoms with E-state index in [4.69, 9.17) is 0 Å². The van der Waals surface area contributed by atoms with Crippen LogP contribution in [0.4, 0.5) is 4.39 Å². The van der Waals surface area contributed by atoms with E-state index in [0.717, 1.165) is 36.8 Å². The molecule has 1 aromatic carbocycles. The van der Waals surface area contributed by atoms with E-state index in [-0.39, 0.29) is 5.82 Å². The monoisotopic (exact) mass is 236 g/mol. The minimum absolute atomic E-state index is 0.208. The first kappa shape index (κ1) is 12.6. The Balaban J connectivity index is 2.22. The number of hydrogen-bond donors (Lipinski definition) is 1. The summed E-state index contributed by atoms with van der Waals surface area (Å²) < 4.78 is 13.2. The van der Waals surface area contributed by atoms with Crippen LogP contribution in [-0.4, -0.2) is 10.7 Å². The van der Waals surface area contributed by atoms with Gasteiger partial charge in [-0.2, -0.15) is 0 Å². The van der Waals surface area contributed by atoms with Gasteiger partial charge in [-0.15, -0.1) is 0 Å². The summed E-state index contributed by atoms with van der Waals surface area (Å²) in [6.45, 7) is 4.10. The Morgan fingerprint density at radius 2 is 2.24 bits per heavy atom. The molecule has 0 heterocycles. The molecule has 2 atom stereocenters. The van der Waals surface area contributed by atoms with Gasteiger partial charge in [-0.05, 0) is 48.9 Å². The van der Waals surface area contributed by atoms with E-state index in [0.29, 0.717) is 12.3 Å². The van der Waals surface area contributed by atoms with Gasteiger partial charge < -0.3 is 5.11 Å². The Morgan fingerprint density at radius 1 is 1.47 bits per heavy atom. The smallest absolute Gasteiger partial charge is 0.123 e. The number of benzene rings is 1. The highest BCUT2D eigenvalue weighted by Crippen LogP contribution is 2.40. The quantitative estimate of drug-likeness (QED) is 0.850. The van der Waals surface area contributed by atoms with E-state index in [9.17, 15) is 9.50 Å². The van der Waals surface area contributed by atoms with Crippen molar-refractivity contribution in [2.24, 2.45) is 5.92 Å². The molecule has 2 rings (SSSR count). The van der Waals surface area contributed by atoms with Gasteiger partial charge in [0.2, 0.25) is 0 Å². The van der Waals surface area contributed by atoms with E-state index in [1.165, 1.54) is 6.07 Å². The summed E-state index contributed by atoms with van der Waals surface area (Å²) in [4.78, 5) is 0. The summed E-state index contributed by atoms with van der Waals surface area (Å²) in [5.74, 6) is 0.158. The van der Waals surface area contributed by atoms with Crippen LogP contribution in [0.5, 0.6) is 0 Å². The summed E-state index contributed by atoms with van der Waals surface area (Å²) in [6, 6.07) is 4.84. The molecular weight excluding hydrogens is 215 g/mol. The molecule has 0 radical (unpaired) electrons. The second kappa shape index (κ2) is 4.77. The molecule has 1 saturated carbocycles. The molecule has 1 aliphatic rings. The average molecular weight is 236 g/mol. The molecule has 1 nitrogen and oxygen atoms in total. The standard InChI is InChI=1S/C15H21FO/c1-3-13-5-4-8-15(13,17)10-12-9-14(16)7-6-11(12)2/h6-7,9,13,17H,3-5,8,10H2,1-2H3. The van der Waals surface area contributed by atoms with E-state index in [1.807, 2.05) is 6.92 Å². The molecule has 94 valence electrons. The van der Waals surface area contributed by atoms with E-state index < -0.39 is 5.60 Å².